The number of benzene rings is 1. The standard InChI is InChI=1S/C18H18ClN5O2/c1-22-15-11-12(19)3-4-14(15)24(17(26)16(22)25)13-5-9-23(10-6-13)18-20-7-2-8-21-18/h2-4,7-8,11,13H,5-6,9-10H2,1H3. The molecular formula is C18H18ClN5O2. The van der Waals surface area contributed by atoms with Gasteiger partial charge in [0.2, 0.25) is 5.95 Å². The molecule has 0 N–H and O–H groups in total. The molecule has 3 aromatic rings. The molecule has 2 aromatic heterocycles. The number of hydrogen-bond acceptors (Lipinski definition) is 5. The highest BCUT2D eigenvalue weighted by Gasteiger charge is 2.25. The second kappa shape index (κ2) is 6.57. The maximum absolute atomic E-state index is 12.7. The molecule has 0 spiro atoms. The minimum Gasteiger partial charge on any atom is -0.341 e. The Kier molecular flexibility index (Phi) is 4.24. The van der Waals surface area contributed by atoms with Gasteiger partial charge >= 0.3 is 11.1 Å². The number of halogens is 1. The fourth-order valence-corrected chi connectivity index (χ4v) is 3.74. The SMILES string of the molecule is Cn1c(=O)c(=O)n(C2CCN(c3ncccn3)CC2)c2ccc(Cl)cc21. The van der Waals surface area contributed by atoms with E-state index in [2.05, 4.69) is 14.9 Å². The van der Waals surface area contributed by atoms with Crippen LogP contribution in [0.15, 0.2) is 46.2 Å². The number of piperidine rings is 1. The summed E-state index contributed by atoms with van der Waals surface area (Å²) in [6, 6.07) is 7.02. The van der Waals surface area contributed by atoms with E-state index < -0.39 is 11.1 Å². The molecule has 1 aliphatic rings. The van der Waals surface area contributed by atoms with Gasteiger partial charge in [0.25, 0.3) is 0 Å². The average molecular weight is 372 g/mol. The molecule has 0 unspecified atom stereocenters. The molecule has 1 aromatic carbocycles. The molecule has 0 bridgehead atoms. The predicted molar refractivity (Wildman–Crippen MR) is 101 cm³/mol. The van der Waals surface area contributed by atoms with Crippen LogP contribution in [-0.4, -0.2) is 32.2 Å². The average Bonchev–Trinajstić information content (AvgIpc) is 2.68. The van der Waals surface area contributed by atoms with Gasteiger partial charge in [0, 0.05) is 43.6 Å². The molecule has 1 saturated heterocycles. The third-order valence-electron chi connectivity index (χ3n) is 4.93. The van der Waals surface area contributed by atoms with Gasteiger partial charge in [-0.25, -0.2) is 9.97 Å². The van der Waals surface area contributed by atoms with E-state index in [0.717, 1.165) is 31.4 Å². The maximum Gasteiger partial charge on any atom is 0.317 e. The zero-order chi connectivity index (χ0) is 18.3. The fraction of sp³-hybridized carbons (Fsp3) is 0.333. The van der Waals surface area contributed by atoms with Gasteiger partial charge in [-0.2, -0.15) is 0 Å². The Hall–Kier alpha value is -2.67. The number of hydrogen-bond donors (Lipinski definition) is 0. The van der Waals surface area contributed by atoms with E-state index in [9.17, 15) is 9.59 Å². The van der Waals surface area contributed by atoms with E-state index in [-0.39, 0.29) is 6.04 Å². The number of aromatic nitrogens is 4. The highest BCUT2D eigenvalue weighted by molar-refractivity contribution is 6.31. The zero-order valence-electron chi connectivity index (χ0n) is 14.3. The van der Waals surface area contributed by atoms with Gasteiger partial charge in [0.15, 0.2) is 0 Å². The summed E-state index contributed by atoms with van der Waals surface area (Å²) in [6.45, 7) is 1.46. The molecule has 1 fully saturated rings. The second-order valence-corrected chi connectivity index (χ2v) is 6.88. The van der Waals surface area contributed by atoms with Crippen molar-refractivity contribution in [2.75, 3.05) is 18.0 Å². The quantitative estimate of drug-likeness (QED) is 0.644. The summed E-state index contributed by atoms with van der Waals surface area (Å²) >= 11 is 6.08. The minimum atomic E-state index is -0.534. The van der Waals surface area contributed by atoms with E-state index in [4.69, 9.17) is 11.6 Å². The Morgan fingerprint density at radius 1 is 1.04 bits per heavy atom. The molecule has 4 rings (SSSR count). The van der Waals surface area contributed by atoms with Crippen molar-refractivity contribution in [3.05, 3.63) is 62.4 Å². The molecule has 0 saturated carbocycles. The van der Waals surface area contributed by atoms with E-state index in [1.807, 2.05) is 6.07 Å². The molecule has 134 valence electrons. The van der Waals surface area contributed by atoms with E-state index >= 15 is 0 Å². The third-order valence-corrected chi connectivity index (χ3v) is 5.16. The van der Waals surface area contributed by atoms with Crippen molar-refractivity contribution in [2.45, 2.75) is 18.9 Å². The smallest absolute Gasteiger partial charge is 0.317 e. The van der Waals surface area contributed by atoms with Gasteiger partial charge in [-0.3, -0.25) is 14.2 Å². The van der Waals surface area contributed by atoms with Crippen molar-refractivity contribution in [1.82, 2.24) is 19.1 Å². The maximum atomic E-state index is 12.7. The van der Waals surface area contributed by atoms with E-state index in [1.165, 1.54) is 4.57 Å². The summed E-state index contributed by atoms with van der Waals surface area (Å²) in [6.07, 6.45) is 4.92. The van der Waals surface area contributed by atoms with Gasteiger partial charge in [0.1, 0.15) is 0 Å². The van der Waals surface area contributed by atoms with Crippen LogP contribution in [0.1, 0.15) is 18.9 Å². The minimum absolute atomic E-state index is 0.0416. The molecule has 7 nitrogen and oxygen atoms in total. The second-order valence-electron chi connectivity index (χ2n) is 6.44. The Morgan fingerprint density at radius 2 is 1.73 bits per heavy atom. The van der Waals surface area contributed by atoms with Crippen molar-refractivity contribution >= 4 is 28.6 Å². The molecule has 8 heteroatoms. The Bertz CT molecular complexity index is 1070. The molecule has 26 heavy (non-hydrogen) atoms. The van der Waals surface area contributed by atoms with Crippen molar-refractivity contribution in [2.24, 2.45) is 7.05 Å². The van der Waals surface area contributed by atoms with Crippen molar-refractivity contribution in [3.8, 4) is 0 Å². The number of rotatable bonds is 2. The zero-order valence-corrected chi connectivity index (χ0v) is 15.1. The first kappa shape index (κ1) is 16.8. The number of anilines is 1. The van der Waals surface area contributed by atoms with Crippen molar-refractivity contribution in [1.29, 1.82) is 0 Å². The van der Waals surface area contributed by atoms with Gasteiger partial charge in [-0.1, -0.05) is 11.6 Å². The monoisotopic (exact) mass is 371 g/mol. The molecular weight excluding hydrogens is 354 g/mol. The van der Waals surface area contributed by atoms with Crippen LogP contribution in [0.4, 0.5) is 5.95 Å². The summed E-state index contributed by atoms with van der Waals surface area (Å²) in [5.41, 5.74) is 0.372. The topological polar surface area (TPSA) is 73.0 Å². The van der Waals surface area contributed by atoms with Gasteiger partial charge in [-0.05, 0) is 37.1 Å². The number of nitrogens with zero attached hydrogens (tertiary/aromatic N) is 5. The third kappa shape index (κ3) is 2.78. The number of aryl methyl sites for hydroxylation is 1. The lowest BCUT2D eigenvalue weighted by atomic mass is 10.0. The molecule has 0 aliphatic carbocycles. The van der Waals surface area contributed by atoms with Gasteiger partial charge in [-0.15, -0.1) is 0 Å². The normalized spacial score (nSPS) is 15.5. The summed E-state index contributed by atoms with van der Waals surface area (Å²) < 4.78 is 3.00. The van der Waals surface area contributed by atoms with Gasteiger partial charge in [0.05, 0.1) is 11.0 Å². The molecule has 1 aliphatic heterocycles. The predicted octanol–water partition coefficient (Wildman–Crippen LogP) is 1.99. The highest BCUT2D eigenvalue weighted by atomic mass is 35.5. The molecule has 0 radical (unpaired) electrons. The lowest BCUT2D eigenvalue weighted by Gasteiger charge is -2.33. The summed E-state index contributed by atoms with van der Waals surface area (Å²) in [7, 11) is 1.60. The van der Waals surface area contributed by atoms with Crippen LogP contribution in [0.2, 0.25) is 5.02 Å². The Labute approximate surface area is 154 Å². The van der Waals surface area contributed by atoms with Crippen LogP contribution < -0.4 is 16.0 Å². The lowest BCUT2D eigenvalue weighted by molar-refractivity contribution is 0.391. The lowest BCUT2D eigenvalue weighted by Crippen LogP contribution is -2.45. The van der Waals surface area contributed by atoms with E-state index in [0.29, 0.717) is 16.5 Å². The Balaban J connectivity index is 1.72. The molecule has 3 heterocycles. The van der Waals surface area contributed by atoms with Crippen molar-refractivity contribution in [3.63, 3.8) is 0 Å². The first-order valence-corrected chi connectivity index (χ1v) is 8.87. The van der Waals surface area contributed by atoms with Crippen LogP contribution in [0.5, 0.6) is 0 Å². The van der Waals surface area contributed by atoms with Crippen molar-refractivity contribution < 1.29 is 0 Å². The summed E-state index contributed by atoms with van der Waals surface area (Å²) in [5.74, 6) is 0.693. The van der Waals surface area contributed by atoms with E-state index in [1.54, 1.807) is 42.2 Å². The molecule has 0 atom stereocenters. The Morgan fingerprint density at radius 3 is 2.42 bits per heavy atom. The van der Waals surface area contributed by atoms with Crippen LogP contribution in [0.25, 0.3) is 11.0 Å². The number of fused-ring (bicyclic) bond motifs is 1. The first-order chi connectivity index (χ1) is 12.6. The largest absolute Gasteiger partial charge is 0.341 e. The first-order valence-electron chi connectivity index (χ1n) is 8.49. The van der Waals surface area contributed by atoms with Crippen LogP contribution in [0.3, 0.4) is 0 Å². The van der Waals surface area contributed by atoms with Crippen LogP contribution in [-0.2, 0) is 7.05 Å². The summed E-state index contributed by atoms with van der Waals surface area (Å²) in [4.78, 5) is 35.8. The van der Waals surface area contributed by atoms with Gasteiger partial charge < -0.3 is 9.47 Å². The van der Waals surface area contributed by atoms with Crippen LogP contribution >= 0.6 is 11.6 Å². The summed E-state index contributed by atoms with van der Waals surface area (Å²) in [5, 5.41) is 0.536. The fourth-order valence-electron chi connectivity index (χ4n) is 3.58. The highest BCUT2D eigenvalue weighted by Crippen LogP contribution is 2.27. The molecule has 0 amide bonds. The van der Waals surface area contributed by atoms with Crippen LogP contribution in [0, 0.1) is 0 Å².